The van der Waals surface area contributed by atoms with Crippen LogP contribution in [0.2, 0.25) is 0 Å². The normalized spacial score (nSPS) is 21.7. The van der Waals surface area contributed by atoms with Crippen LogP contribution in [0.5, 0.6) is 5.75 Å². The fourth-order valence-electron chi connectivity index (χ4n) is 4.51. The number of nitrogens with one attached hydrogen (secondary N) is 1. The zero-order chi connectivity index (χ0) is 17.4. The van der Waals surface area contributed by atoms with Crippen molar-refractivity contribution in [2.45, 2.75) is 25.2 Å². The molecule has 1 N–H and O–H groups in total. The highest BCUT2D eigenvalue weighted by Gasteiger charge is 2.54. The Kier molecular flexibility index (Phi) is 2.64. The van der Waals surface area contributed by atoms with Crippen LogP contribution in [0.3, 0.4) is 0 Å². The van der Waals surface area contributed by atoms with Crippen LogP contribution in [-0.4, -0.2) is 27.8 Å². The number of carbonyl (C=O) groups excluding carboxylic acids is 1. The third kappa shape index (κ3) is 1.77. The molecule has 6 rings (SSSR count). The molecule has 0 spiro atoms. The minimum absolute atomic E-state index is 0.253. The zero-order valence-electron chi connectivity index (χ0n) is 14.4. The summed E-state index contributed by atoms with van der Waals surface area (Å²) in [6, 6.07) is 7.77. The molecule has 0 radical (unpaired) electrons. The lowest BCUT2D eigenvalue weighted by Crippen LogP contribution is -2.10. The molecule has 26 heavy (non-hydrogen) atoms. The van der Waals surface area contributed by atoms with Crippen LogP contribution in [-0.2, 0) is 12.8 Å². The Labute approximate surface area is 150 Å². The number of aryl methyl sites for hydroxylation is 1. The standard InChI is InChI=1S/C21H17N3O2/c1-26-12-5-2-10(3-6-12)21-22-9-11-4-7-13-16-18(14-8-15(14)20(16)25)23-19(13)17(11)24-21/h2-3,5-6,9,14-15,23H,4,7-8H2,1H3. The molecule has 1 saturated carbocycles. The van der Waals surface area contributed by atoms with Crippen LogP contribution in [0.4, 0.5) is 0 Å². The van der Waals surface area contributed by atoms with E-state index >= 15 is 0 Å². The van der Waals surface area contributed by atoms with Crippen LogP contribution >= 0.6 is 0 Å². The number of methoxy groups -OCH3 is 1. The Bertz CT molecular complexity index is 1080. The van der Waals surface area contributed by atoms with Crippen molar-refractivity contribution in [3.8, 4) is 28.5 Å². The third-order valence-electron chi connectivity index (χ3n) is 5.97. The lowest BCUT2D eigenvalue weighted by Gasteiger charge is -2.17. The number of rotatable bonds is 2. The molecule has 0 saturated heterocycles. The summed E-state index contributed by atoms with van der Waals surface area (Å²) < 4.78 is 5.22. The number of benzene rings is 1. The van der Waals surface area contributed by atoms with Gasteiger partial charge >= 0.3 is 0 Å². The summed E-state index contributed by atoms with van der Waals surface area (Å²) in [5.41, 5.74) is 7.38. The van der Waals surface area contributed by atoms with Crippen LogP contribution < -0.4 is 4.74 Å². The van der Waals surface area contributed by atoms with Gasteiger partial charge in [0.25, 0.3) is 0 Å². The summed E-state index contributed by atoms with van der Waals surface area (Å²) in [5.74, 6) is 2.53. The van der Waals surface area contributed by atoms with E-state index in [0.717, 1.165) is 58.8 Å². The van der Waals surface area contributed by atoms with Gasteiger partial charge in [0.05, 0.1) is 18.5 Å². The van der Waals surface area contributed by atoms with Crippen LogP contribution in [0.15, 0.2) is 30.5 Å². The summed E-state index contributed by atoms with van der Waals surface area (Å²) in [7, 11) is 1.65. The van der Waals surface area contributed by atoms with Crippen molar-refractivity contribution in [1.82, 2.24) is 15.0 Å². The molecule has 2 aromatic heterocycles. The highest BCUT2D eigenvalue weighted by Crippen LogP contribution is 2.58. The van der Waals surface area contributed by atoms with Gasteiger partial charge < -0.3 is 9.72 Å². The number of H-pyrrole nitrogens is 1. The minimum Gasteiger partial charge on any atom is -0.497 e. The topological polar surface area (TPSA) is 67.9 Å². The summed E-state index contributed by atoms with van der Waals surface area (Å²) >= 11 is 0. The highest BCUT2D eigenvalue weighted by atomic mass is 16.5. The lowest BCUT2D eigenvalue weighted by atomic mass is 9.91. The maximum absolute atomic E-state index is 12.6. The van der Waals surface area contributed by atoms with Crippen LogP contribution in [0.1, 0.15) is 39.5 Å². The molecular formula is C21H17N3O2. The Balaban J connectivity index is 1.48. The van der Waals surface area contributed by atoms with E-state index in [2.05, 4.69) is 9.97 Å². The second-order valence-electron chi connectivity index (χ2n) is 7.38. The fourth-order valence-corrected chi connectivity index (χ4v) is 4.51. The number of hydrogen-bond donors (Lipinski definition) is 1. The molecule has 1 fully saturated rings. The monoisotopic (exact) mass is 343 g/mol. The summed E-state index contributed by atoms with van der Waals surface area (Å²) in [5, 5.41) is 0. The largest absolute Gasteiger partial charge is 0.497 e. The Morgan fingerprint density at radius 2 is 2.00 bits per heavy atom. The average Bonchev–Trinajstić information content (AvgIpc) is 3.31. The first-order valence-electron chi connectivity index (χ1n) is 9.04. The molecule has 3 aromatic rings. The van der Waals surface area contributed by atoms with Gasteiger partial charge in [0.1, 0.15) is 5.75 Å². The number of ether oxygens (including phenoxy) is 1. The first-order valence-corrected chi connectivity index (χ1v) is 9.04. The van der Waals surface area contributed by atoms with Crippen molar-refractivity contribution >= 4 is 5.78 Å². The van der Waals surface area contributed by atoms with Gasteiger partial charge in [-0.2, -0.15) is 0 Å². The molecule has 2 atom stereocenters. The van der Waals surface area contributed by atoms with E-state index < -0.39 is 0 Å². The van der Waals surface area contributed by atoms with E-state index in [4.69, 9.17) is 9.72 Å². The van der Waals surface area contributed by atoms with Gasteiger partial charge in [0, 0.05) is 34.9 Å². The van der Waals surface area contributed by atoms with Crippen molar-refractivity contribution in [2.24, 2.45) is 5.92 Å². The third-order valence-corrected chi connectivity index (χ3v) is 5.97. The minimum atomic E-state index is 0.253. The number of ketones is 1. The second kappa shape index (κ2) is 4.81. The van der Waals surface area contributed by atoms with Crippen molar-refractivity contribution in [1.29, 1.82) is 0 Å². The van der Waals surface area contributed by atoms with Crippen molar-refractivity contribution < 1.29 is 9.53 Å². The van der Waals surface area contributed by atoms with Crippen molar-refractivity contribution in [3.05, 3.63) is 52.8 Å². The number of hydrogen-bond acceptors (Lipinski definition) is 4. The van der Waals surface area contributed by atoms with Gasteiger partial charge in [0.15, 0.2) is 11.6 Å². The van der Waals surface area contributed by atoms with E-state index in [9.17, 15) is 4.79 Å². The quantitative estimate of drug-likeness (QED) is 0.773. The number of aromatic nitrogens is 3. The summed E-state index contributed by atoms with van der Waals surface area (Å²) in [4.78, 5) is 25.5. The molecule has 3 aliphatic carbocycles. The molecule has 2 unspecified atom stereocenters. The van der Waals surface area contributed by atoms with Crippen LogP contribution in [0, 0.1) is 5.92 Å². The predicted octanol–water partition coefficient (Wildman–Crippen LogP) is 3.55. The van der Waals surface area contributed by atoms with Gasteiger partial charge in [-0.15, -0.1) is 0 Å². The number of carbonyl (C=O) groups is 1. The van der Waals surface area contributed by atoms with Gasteiger partial charge in [-0.25, -0.2) is 9.97 Å². The molecule has 0 bridgehead atoms. The number of aromatic amines is 1. The molecule has 5 nitrogen and oxygen atoms in total. The van der Waals surface area contributed by atoms with E-state index in [0.29, 0.717) is 17.5 Å². The fraction of sp³-hybridized carbons (Fsp3) is 0.286. The molecule has 3 aliphatic rings. The molecule has 128 valence electrons. The van der Waals surface area contributed by atoms with Gasteiger partial charge in [-0.05, 0) is 54.7 Å². The smallest absolute Gasteiger partial charge is 0.168 e. The Morgan fingerprint density at radius 3 is 2.81 bits per heavy atom. The molecule has 1 aromatic carbocycles. The highest BCUT2D eigenvalue weighted by molar-refractivity contribution is 6.08. The maximum Gasteiger partial charge on any atom is 0.168 e. The molecule has 5 heteroatoms. The maximum atomic E-state index is 12.6. The van der Waals surface area contributed by atoms with Crippen LogP contribution in [0.25, 0.3) is 22.8 Å². The second-order valence-corrected chi connectivity index (χ2v) is 7.38. The van der Waals surface area contributed by atoms with Gasteiger partial charge in [-0.3, -0.25) is 4.79 Å². The number of nitrogens with zero attached hydrogens (tertiary/aromatic N) is 2. The predicted molar refractivity (Wildman–Crippen MR) is 96.4 cm³/mol. The van der Waals surface area contributed by atoms with Gasteiger partial charge in [-0.1, -0.05) is 0 Å². The molecular weight excluding hydrogens is 326 g/mol. The van der Waals surface area contributed by atoms with E-state index in [1.165, 1.54) is 5.56 Å². The average molecular weight is 343 g/mol. The molecule has 0 aliphatic heterocycles. The first kappa shape index (κ1) is 14.2. The Hall–Kier alpha value is -2.95. The zero-order valence-corrected chi connectivity index (χ0v) is 14.4. The van der Waals surface area contributed by atoms with Gasteiger partial charge in [0.2, 0.25) is 0 Å². The van der Waals surface area contributed by atoms with E-state index in [1.807, 2.05) is 30.5 Å². The summed E-state index contributed by atoms with van der Waals surface area (Å²) in [6.07, 6.45) is 4.72. The van der Waals surface area contributed by atoms with Crippen molar-refractivity contribution in [3.63, 3.8) is 0 Å². The molecule has 2 heterocycles. The van der Waals surface area contributed by atoms with Crippen molar-refractivity contribution in [2.75, 3.05) is 7.11 Å². The number of fused-ring (bicyclic) bond motifs is 7. The Morgan fingerprint density at radius 1 is 1.15 bits per heavy atom. The SMILES string of the molecule is COc1ccc(-c2ncc3c(n2)-c2[nH]c4c(c2CC3)C(=O)C2CC42)cc1. The molecule has 0 amide bonds. The summed E-state index contributed by atoms with van der Waals surface area (Å²) in [6.45, 7) is 0. The lowest BCUT2D eigenvalue weighted by molar-refractivity contribution is 0.0973. The van der Waals surface area contributed by atoms with E-state index in [-0.39, 0.29) is 5.92 Å². The van der Waals surface area contributed by atoms with E-state index in [1.54, 1.807) is 7.11 Å². The first-order chi connectivity index (χ1) is 12.7. The number of Topliss-reactive ketones (excluding diaryl/α,β-unsaturated/α-hetero) is 1.